The van der Waals surface area contributed by atoms with Gasteiger partial charge in [0.1, 0.15) is 5.69 Å². The van der Waals surface area contributed by atoms with E-state index < -0.39 is 0 Å². The van der Waals surface area contributed by atoms with Gasteiger partial charge in [0, 0.05) is 77.9 Å². The fourth-order valence-electron chi connectivity index (χ4n) is 4.23. The lowest BCUT2D eigenvalue weighted by Crippen LogP contribution is -2.54. The first-order valence-electron chi connectivity index (χ1n) is 11.9. The van der Waals surface area contributed by atoms with Crippen LogP contribution in [0.15, 0.2) is 35.7 Å². The van der Waals surface area contributed by atoms with Crippen LogP contribution in [0.3, 0.4) is 0 Å². The number of benzene rings is 1. The Hall–Kier alpha value is -2.53. The molecule has 10 heteroatoms. The normalized spacial score (nSPS) is 17.7. The van der Waals surface area contributed by atoms with Gasteiger partial charge in [-0.15, -0.1) is 11.3 Å². The molecule has 1 aromatic carbocycles. The van der Waals surface area contributed by atoms with Gasteiger partial charge in [-0.2, -0.15) is 0 Å². The van der Waals surface area contributed by atoms with E-state index in [1.165, 1.54) is 16.9 Å². The monoisotopic (exact) mass is 486 g/mol. The van der Waals surface area contributed by atoms with Gasteiger partial charge in [-0.05, 0) is 5.56 Å². The van der Waals surface area contributed by atoms with Gasteiger partial charge in [-0.25, -0.2) is 4.98 Å². The number of amides is 2. The Balaban J connectivity index is 1.18. The smallest absolute Gasteiger partial charge is 0.273 e. The second-order valence-corrected chi connectivity index (χ2v) is 9.52. The van der Waals surface area contributed by atoms with Gasteiger partial charge < -0.3 is 19.9 Å². The van der Waals surface area contributed by atoms with Crippen molar-refractivity contribution < 1.29 is 14.3 Å². The molecule has 184 valence electrons. The summed E-state index contributed by atoms with van der Waals surface area (Å²) in [5, 5.41) is 5.85. The fourth-order valence-corrected chi connectivity index (χ4v) is 4.91. The molecular weight excluding hydrogens is 452 g/mol. The van der Waals surface area contributed by atoms with E-state index in [2.05, 4.69) is 32.2 Å². The number of piperazine rings is 2. The standard InChI is InChI=1S/C24H34N6O3S/c1-33-16-15-27-7-11-29(12-8-27)22(31)18-28-9-13-30(14-10-28)23(32)21-19-34-24(26-21)25-17-20-5-3-2-4-6-20/h2-6,19H,7-18H2,1H3,(H,25,26). The summed E-state index contributed by atoms with van der Waals surface area (Å²) < 4.78 is 5.14. The molecule has 0 unspecified atom stereocenters. The highest BCUT2D eigenvalue weighted by Gasteiger charge is 2.27. The third-order valence-electron chi connectivity index (χ3n) is 6.36. The van der Waals surface area contributed by atoms with Crippen molar-refractivity contribution in [3.8, 4) is 0 Å². The van der Waals surface area contributed by atoms with Gasteiger partial charge in [0.05, 0.1) is 13.2 Å². The molecule has 34 heavy (non-hydrogen) atoms. The van der Waals surface area contributed by atoms with Crippen molar-refractivity contribution in [1.82, 2.24) is 24.6 Å². The van der Waals surface area contributed by atoms with Crippen LogP contribution in [-0.4, -0.2) is 116 Å². The van der Waals surface area contributed by atoms with E-state index in [0.29, 0.717) is 45.0 Å². The number of hydrogen-bond acceptors (Lipinski definition) is 8. The third-order valence-corrected chi connectivity index (χ3v) is 7.16. The second kappa shape index (κ2) is 12.3. The molecule has 2 amide bonds. The maximum Gasteiger partial charge on any atom is 0.273 e. The molecule has 0 radical (unpaired) electrons. The Morgan fingerprint density at radius 2 is 1.65 bits per heavy atom. The van der Waals surface area contributed by atoms with Gasteiger partial charge in [0.2, 0.25) is 5.91 Å². The van der Waals surface area contributed by atoms with E-state index in [0.717, 1.165) is 44.5 Å². The van der Waals surface area contributed by atoms with Crippen LogP contribution in [0.2, 0.25) is 0 Å². The summed E-state index contributed by atoms with van der Waals surface area (Å²) in [4.78, 5) is 38.4. The van der Waals surface area contributed by atoms with Crippen LogP contribution in [0.25, 0.3) is 0 Å². The third kappa shape index (κ3) is 6.75. The van der Waals surface area contributed by atoms with Gasteiger partial charge >= 0.3 is 0 Å². The zero-order chi connectivity index (χ0) is 23.8. The minimum absolute atomic E-state index is 0.0397. The second-order valence-electron chi connectivity index (χ2n) is 8.66. The van der Waals surface area contributed by atoms with Crippen LogP contribution < -0.4 is 5.32 Å². The molecule has 0 bridgehead atoms. The Bertz CT molecular complexity index is 924. The lowest BCUT2D eigenvalue weighted by atomic mass is 10.2. The molecule has 0 aliphatic carbocycles. The van der Waals surface area contributed by atoms with Crippen molar-refractivity contribution >= 4 is 28.3 Å². The summed E-state index contributed by atoms with van der Waals surface area (Å²) in [6.45, 7) is 8.70. The number of carbonyl (C=O) groups is 2. The summed E-state index contributed by atoms with van der Waals surface area (Å²) >= 11 is 1.45. The Morgan fingerprint density at radius 1 is 0.971 bits per heavy atom. The molecule has 0 spiro atoms. The largest absolute Gasteiger partial charge is 0.383 e. The molecule has 4 rings (SSSR count). The summed E-state index contributed by atoms with van der Waals surface area (Å²) in [5.74, 6) is 0.141. The van der Waals surface area contributed by atoms with E-state index >= 15 is 0 Å². The molecule has 9 nitrogen and oxygen atoms in total. The number of nitrogens with one attached hydrogen (secondary N) is 1. The summed E-state index contributed by atoms with van der Waals surface area (Å²) in [6, 6.07) is 10.1. The van der Waals surface area contributed by atoms with Crippen LogP contribution in [0, 0.1) is 0 Å². The van der Waals surface area contributed by atoms with Gasteiger partial charge in [-0.1, -0.05) is 30.3 Å². The first kappa shape index (κ1) is 24.6. The van der Waals surface area contributed by atoms with Crippen molar-refractivity contribution in [2.45, 2.75) is 6.54 Å². The minimum Gasteiger partial charge on any atom is -0.383 e. The molecule has 2 saturated heterocycles. The highest BCUT2D eigenvalue weighted by Crippen LogP contribution is 2.18. The first-order valence-corrected chi connectivity index (χ1v) is 12.7. The number of carbonyl (C=O) groups excluding carboxylic acids is 2. The van der Waals surface area contributed by atoms with E-state index in [1.54, 1.807) is 7.11 Å². The zero-order valence-corrected chi connectivity index (χ0v) is 20.6. The lowest BCUT2D eigenvalue weighted by Gasteiger charge is -2.37. The SMILES string of the molecule is COCCN1CCN(C(=O)CN2CCN(C(=O)c3csc(NCc4ccccc4)n3)CC2)CC1. The van der Waals surface area contributed by atoms with Crippen LogP contribution in [0.5, 0.6) is 0 Å². The van der Waals surface area contributed by atoms with E-state index in [1.807, 2.05) is 33.4 Å². The summed E-state index contributed by atoms with van der Waals surface area (Å²) in [7, 11) is 1.71. The molecule has 2 fully saturated rings. The number of thiazole rings is 1. The van der Waals surface area contributed by atoms with E-state index in [9.17, 15) is 9.59 Å². The van der Waals surface area contributed by atoms with Crippen LogP contribution >= 0.6 is 11.3 Å². The quantitative estimate of drug-likeness (QED) is 0.572. The van der Waals surface area contributed by atoms with Crippen molar-refractivity contribution in [2.24, 2.45) is 0 Å². The predicted octanol–water partition coefficient (Wildman–Crippen LogP) is 1.30. The molecule has 3 heterocycles. The average molecular weight is 487 g/mol. The van der Waals surface area contributed by atoms with Crippen molar-refractivity contribution in [3.63, 3.8) is 0 Å². The number of ether oxygens (including phenoxy) is 1. The topological polar surface area (TPSA) is 81.2 Å². The maximum absolute atomic E-state index is 12.9. The Morgan fingerprint density at radius 3 is 2.35 bits per heavy atom. The Kier molecular flexibility index (Phi) is 8.86. The molecule has 1 aromatic heterocycles. The minimum atomic E-state index is -0.0397. The molecule has 0 atom stereocenters. The number of anilines is 1. The number of aromatic nitrogens is 1. The van der Waals surface area contributed by atoms with E-state index in [4.69, 9.17) is 4.74 Å². The first-order chi connectivity index (χ1) is 16.6. The molecule has 2 aliphatic rings. The Labute approximate surface area is 205 Å². The van der Waals surface area contributed by atoms with Crippen LogP contribution in [0.4, 0.5) is 5.13 Å². The van der Waals surface area contributed by atoms with Crippen LogP contribution in [-0.2, 0) is 16.1 Å². The summed E-state index contributed by atoms with van der Waals surface area (Å²) in [5.41, 5.74) is 1.65. The lowest BCUT2D eigenvalue weighted by molar-refractivity contribution is -0.134. The van der Waals surface area contributed by atoms with Gasteiger partial charge in [-0.3, -0.25) is 19.4 Å². The maximum atomic E-state index is 12.9. The number of rotatable bonds is 9. The predicted molar refractivity (Wildman–Crippen MR) is 133 cm³/mol. The fraction of sp³-hybridized carbons (Fsp3) is 0.542. The van der Waals surface area contributed by atoms with Gasteiger partial charge in [0.25, 0.3) is 5.91 Å². The highest BCUT2D eigenvalue weighted by molar-refractivity contribution is 7.13. The number of hydrogen-bond donors (Lipinski definition) is 1. The van der Waals surface area contributed by atoms with Gasteiger partial charge in [0.15, 0.2) is 5.13 Å². The molecular formula is C24H34N6O3S. The van der Waals surface area contributed by atoms with Crippen molar-refractivity contribution in [3.05, 3.63) is 47.0 Å². The number of nitrogens with zero attached hydrogens (tertiary/aromatic N) is 5. The number of methoxy groups -OCH3 is 1. The molecule has 2 aromatic rings. The van der Waals surface area contributed by atoms with E-state index in [-0.39, 0.29) is 11.8 Å². The molecule has 2 aliphatic heterocycles. The zero-order valence-electron chi connectivity index (χ0n) is 19.8. The average Bonchev–Trinajstić information content (AvgIpc) is 3.36. The summed E-state index contributed by atoms with van der Waals surface area (Å²) in [6.07, 6.45) is 0. The van der Waals surface area contributed by atoms with Crippen LogP contribution in [0.1, 0.15) is 16.1 Å². The van der Waals surface area contributed by atoms with Crippen molar-refractivity contribution in [1.29, 1.82) is 0 Å². The highest BCUT2D eigenvalue weighted by atomic mass is 32.1. The molecule has 1 N–H and O–H groups in total. The van der Waals surface area contributed by atoms with Crippen molar-refractivity contribution in [2.75, 3.05) is 84.5 Å². The molecule has 0 saturated carbocycles.